The molecule has 0 fully saturated rings. The van der Waals surface area contributed by atoms with Crippen LogP contribution >= 0.6 is 15.9 Å². The van der Waals surface area contributed by atoms with Gasteiger partial charge in [0.25, 0.3) is 0 Å². The van der Waals surface area contributed by atoms with Gasteiger partial charge in [0, 0.05) is 16.2 Å². The number of esters is 1. The number of benzene rings is 1. The quantitative estimate of drug-likeness (QED) is 0.873. The van der Waals surface area contributed by atoms with Crippen LogP contribution in [0.4, 0.5) is 10.1 Å². The Labute approximate surface area is 117 Å². The topological polar surface area (TPSA) is 70.1 Å². The van der Waals surface area contributed by atoms with Gasteiger partial charge in [0.1, 0.15) is 19.0 Å². The van der Waals surface area contributed by atoms with Crippen molar-refractivity contribution in [3.63, 3.8) is 0 Å². The molecule has 0 saturated carbocycles. The summed E-state index contributed by atoms with van der Waals surface area (Å²) in [4.78, 5) is 11.6. The summed E-state index contributed by atoms with van der Waals surface area (Å²) in [6.07, 6.45) is 2.97. The molecule has 0 saturated heterocycles. The van der Waals surface area contributed by atoms with E-state index in [1.54, 1.807) is 6.07 Å². The fourth-order valence-electron chi connectivity index (χ4n) is 1.46. The lowest BCUT2D eigenvalue weighted by atomic mass is 10.2. The molecule has 2 rings (SSSR count). The zero-order valence-electron chi connectivity index (χ0n) is 9.85. The molecule has 2 aromatic rings. The molecule has 0 aliphatic carbocycles. The van der Waals surface area contributed by atoms with Crippen molar-refractivity contribution in [1.82, 2.24) is 9.78 Å². The minimum Gasteiger partial charge on any atom is -0.459 e. The van der Waals surface area contributed by atoms with Gasteiger partial charge in [-0.2, -0.15) is 5.10 Å². The Bertz CT molecular complexity index is 600. The van der Waals surface area contributed by atoms with Crippen LogP contribution in [0, 0.1) is 5.82 Å². The molecule has 0 aliphatic heterocycles. The molecule has 19 heavy (non-hydrogen) atoms. The third-order valence-electron chi connectivity index (χ3n) is 2.34. The maximum absolute atomic E-state index is 13.0. The van der Waals surface area contributed by atoms with E-state index >= 15 is 0 Å². The van der Waals surface area contributed by atoms with Crippen LogP contribution in [0.2, 0.25) is 0 Å². The highest BCUT2D eigenvalue weighted by Crippen LogP contribution is 2.18. The van der Waals surface area contributed by atoms with E-state index in [-0.39, 0.29) is 19.0 Å². The van der Waals surface area contributed by atoms with Crippen molar-refractivity contribution in [2.45, 2.75) is 13.2 Å². The van der Waals surface area contributed by atoms with Crippen LogP contribution in [0.25, 0.3) is 0 Å². The number of halogens is 2. The number of nitrogens with two attached hydrogens (primary N) is 1. The number of hydrogen-bond acceptors (Lipinski definition) is 4. The van der Waals surface area contributed by atoms with E-state index in [9.17, 15) is 9.18 Å². The molecule has 1 aromatic heterocycles. The number of carbonyl (C=O) groups excluding carboxylic acids is 1. The number of ether oxygens (including phenoxy) is 1. The molecule has 5 nitrogen and oxygen atoms in total. The van der Waals surface area contributed by atoms with Crippen LogP contribution in [-0.2, 0) is 22.7 Å². The van der Waals surface area contributed by atoms with Gasteiger partial charge in [-0.1, -0.05) is 15.9 Å². The molecule has 7 heteroatoms. The molecule has 100 valence electrons. The SMILES string of the molecule is Nc1cnn(CC(=O)OCc2cc(F)ccc2Br)c1. The monoisotopic (exact) mass is 327 g/mol. The van der Waals surface area contributed by atoms with Crippen molar-refractivity contribution < 1.29 is 13.9 Å². The highest BCUT2D eigenvalue weighted by Gasteiger charge is 2.08. The Morgan fingerprint density at radius 3 is 3.00 bits per heavy atom. The zero-order valence-corrected chi connectivity index (χ0v) is 11.4. The van der Waals surface area contributed by atoms with E-state index in [2.05, 4.69) is 21.0 Å². The van der Waals surface area contributed by atoms with Crippen LogP contribution in [0.1, 0.15) is 5.56 Å². The molecule has 0 spiro atoms. The highest BCUT2D eigenvalue weighted by molar-refractivity contribution is 9.10. The van der Waals surface area contributed by atoms with Gasteiger partial charge in [0.15, 0.2) is 0 Å². The lowest BCUT2D eigenvalue weighted by molar-refractivity contribution is -0.145. The number of nitrogens with zero attached hydrogens (tertiary/aromatic N) is 2. The second-order valence-corrected chi connectivity index (χ2v) is 4.72. The Kier molecular flexibility index (Phi) is 4.16. The number of rotatable bonds is 4. The third kappa shape index (κ3) is 3.78. The second-order valence-electron chi connectivity index (χ2n) is 3.87. The molecule has 0 aliphatic rings. The molecule has 0 radical (unpaired) electrons. The van der Waals surface area contributed by atoms with Gasteiger partial charge >= 0.3 is 5.97 Å². The van der Waals surface area contributed by atoms with Crippen LogP contribution < -0.4 is 5.73 Å². The first-order valence-electron chi connectivity index (χ1n) is 5.42. The van der Waals surface area contributed by atoms with Gasteiger partial charge < -0.3 is 10.5 Å². The minimum atomic E-state index is -0.473. The number of anilines is 1. The molecule has 2 N–H and O–H groups in total. The Morgan fingerprint density at radius 1 is 1.53 bits per heavy atom. The number of carbonyl (C=O) groups is 1. The van der Waals surface area contributed by atoms with Crippen molar-refractivity contribution in [3.05, 3.63) is 46.4 Å². The molecule has 1 heterocycles. The van der Waals surface area contributed by atoms with Crippen LogP contribution in [0.5, 0.6) is 0 Å². The highest BCUT2D eigenvalue weighted by atomic mass is 79.9. The van der Waals surface area contributed by atoms with Crippen LogP contribution in [-0.4, -0.2) is 15.7 Å². The molecule has 0 amide bonds. The van der Waals surface area contributed by atoms with Gasteiger partial charge in [-0.3, -0.25) is 9.48 Å². The molecule has 0 atom stereocenters. The van der Waals surface area contributed by atoms with Gasteiger partial charge in [-0.15, -0.1) is 0 Å². The normalized spacial score (nSPS) is 10.4. The summed E-state index contributed by atoms with van der Waals surface area (Å²) in [6.45, 7) is -0.0436. The van der Waals surface area contributed by atoms with Gasteiger partial charge in [-0.25, -0.2) is 4.39 Å². The third-order valence-corrected chi connectivity index (χ3v) is 3.11. The molecule has 0 bridgehead atoms. The lowest BCUT2D eigenvalue weighted by Gasteiger charge is -2.07. The van der Waals surface area contributed by atoms with Crippen molar-refractivity contribution in [2.75, 3.05) is 5.73 Å². The number of hydrogen-bond donors (Lipinski definition) is 1. The lowest BCUT2D eigenvalue weighted by Crippen LogP contribution is -2.14. The summed E-state index contributed by atoms with van der Waals surface area (Å²) in [6, 6.07) is 4.19. The average molecular weight is 328 g/mol. The zero-order chi connectivity index (χ0) is 13.8. The summed E-state index contributed by atoms with van der Waals surface area (Å²) in [7, 11) is 0. The Morgan fingerprint density at radius 2 is 2.32 bits per heavy atom. The summed E-state index contributed by atoms with van der Waals surface area (Å²) < 4.78 is 20.1. The number of aromatic nitrogens is 2. The fraction of sp³-hybridized carbons (Fsp3) is 0.167. The first-order chi connectivity index (χ1) is 9.04. The van der Waals surface area contributed by atoms with E-state index < -0.39 is 5.97 Å². The van der Waals surface area contributed by atoms with E-state index in [1.165, 1.54) is 29.2 Å². The van der Waals surface area contributed by atoms with Crippen molar-refractivity contribution in [3.8, 4) is 0 Å². The van der Waals surface area contributed by atoms with Crippen LogP contribution in [0.15, 0.2) is 35.1 Å². The second kappa shape index (κ2) is 5.83. The summed E-state index contributed by atoms with van der Waals surface area (Å²) in [5.74, 6) is -0.853. The molecule has 1 aromatic carbocycles. The molecular formula is C12H11BrFN3O2. The van der Waals surface area contributed by atoms with Gasteiger partial charge in [0.05, 0.1) is 11.9 Å². The standard InChI is InChI=1S/C12H11BrFN3O2/c13-11-2-1-9(14)3-8(11)7-19-12(18)6-17-5-10(15)4-16-17/h1-5H,6-7,15H2. The average Bonchev–Trinajstić information content (AvgIpc) is 2.76. The van der Waals surface area contributed by atoms with Crippen molar-refractivity contribution in [2.24, 2.45) is 0 Å². The van der Waals surface area contributed by atoms with Crippen molar-refractivity contribution in [1.29, 1.82) is 0 Å². The van der Waals surface area contributed by atoms with E-state index in [1.807, 2.05) is 0 Å². The minimum absolute atomic E-state index is 0.00602. The van der Waals surface area contributed by atoms with Gasteiger partial charge in [0.2, 0.25) is 0 Å². The fourth-order valence-corrected chi connectivity index (χ4v) is 1.82. The summed E-state index contributed by atoms with van der Waals surface area (Å²) >= 11 is 3.26. The Hall–Kier alpha value is -1.89. The predicted octanol–water partition coefficient (Wildman–Crippen LogP) is 2.11. The smallest absolute Gasteiger partial charge is 0.328 e. The first-order valence-corrected chi connectivity index (χ1v) is 6.21. The largest absolute Gasteiger partial charge is 0.459 e. The molecular weight excluding hydrogens is 317 g/mol. The van der Waals surface area contributed by atoms with Crippen LogP contribution in [0.3, 0.4) is 0 Å². The summed E-state index contributed by atoms with van der Waals surface area (Å²) in [5, 5.41) is 3.86. The predicted molar refractivity (Wildman–Crippen MR) is 70.5 cm³/mol. The van der Waals surface area contributed by atoms with Crippen molar-refractivity contribution >= 4 is 27.6 Å². The first kappa shape index (κ1) is 13.5. The van der Waals surface area contributed by atoms with Gasteiger partial charge in [-0.05, 0) is 18.2 Å². The molecule has 0 unspecified atom stereocenters. The number of nitrogen functional groups attached to an aromatic ring is 1. The van der Waals surface area contributed by atoms with E-state index in [0.29, 0.717) is 15.7 Å². The maximum Gasteiger partial charge on any atom is 0.328 e. The van der Waals surface area contributed by atoms with E-state index in [4.69, 9.17) is 10.5 Å². The summed E-state index contributed by atoms with van der Waals surface area (Å²) in [5.41, 5.74) is 6.51. The van der Waals surface area contributed by atoms with E-state index in [0.717, 1.165) is 0 Å². The maximum atomic E-state index is 13.0. The Balaban J connectivity index is 1.91.